The van der Waals surface area contributed by atoms with Gasteiger partial charge in [-0.05, 0) is 25.0 Å². The molecule has 0 amide bonds. The van der Waals surface area contributed by atoms with Crippen molar-refractivity contribution < 1.29 is 19.4 Å². The SMILES string of the molecule is COc1ccc(OC)c2c1CCC(C(=O)O)N2C. The van der Waals surface area contributed by atoms with Crippen molar-refractivity contribution in [2.75, 3.05) is 26.2 Å². The maximum absolute atomic E-state index is 11.2. The maximum Gasteiger partial charge on any atom is 0.326 e. The van der Waals surface area contributed by atoms with Crippen LogP contribution in [0.1, 0.15) is 12.0 Å². The second-order valence-corrected chi connectivity index (χ2v) is 4.30. The largest absolute Gasteiger partial charge is 0.496 e. The topological polar surface area (TPSA) is 59.0 Å². The molecule has 1 atom stereocenters. The number of anilines is 1. The molecule has 0 aliphatic carbocycles. The van der Waals surface area contributed by atoms with Crippen LogP contribution in [0.25, 0.3) is 0 Å². The van der Waals surface area contributed by atoms with Gasteiger partial charge >= 0.3 is 5.97 Å². The van der Waals surface area contributed by atoms with Gasteiger partial charge in [0.15, 0.2) is 0 Å². The number of fused-ring (bicyclic) bond motifs is 1. The number of hydrogen-bond donors (Lipinski definition) is 1. The van der Waals surface area contributed by atoms with E-state index in [1.807, 2.05) is 6.07 Å². The van der Waals surface area contributed by atoms with Gasteiger partial charge in [0.05, 0.1) is 19.9 Å². The first kappa shape index (κ1) is 12.5. The fraction of sp³-hybridized carbons (Fsp3) is 0.462. The number of hydrogen-bond acceptors (Lipinski definition) is 4. The number of likely N-dealkylation sites (N-methyl/N-ethyl adjacent to an activating group) is 1. The quantitative estimate of drug-likeness (QED) is 0.883. The predicted molar refractivity (Wildman–Crippen MR) is 67.7 cm³/mol. The first-order valence-corrected chi connectivity index (χ1v) is 5.79. The first-order chi connectivity index (χ1) is 8.60. The molecule has 18 heavy (non-hydrogen) atoms. The van der Waals surface area contributed by atoms with E-state index in [-0.39, 0.29) is 0 Å². The molecule has 0 bridgehead atoms. The Balaban J connectivity index is 2.54. The van der Waals surface area contributed by atoms with Gasteiger partial charge in [-0.15, -0.1) is 0 Å². The molecule has 1 aromatic rings. The molecule has 1 aliphatic heterocycles. The minimum atomic E-state index is -0.812. The Morgan fingerprint density at radius 3 is 2.50 bits per heavy atom. The van der Waals surface area contributed by atoms with Gasteiger partial charge in [0, 0.05) is 12.6 Å². The van der Waals surface area contributed by atoms with E-state index in [0.29, 0.717) is 18.6 Å². The molecule has 0 saturated carbocycles. The second-order valence-electron chi connectivity index (χ2n) is 4.30. The third kappa shape index (κ3) is 1.85. The lowest BCUT2D eigenvalue weighted by atomic mass is 9.95. The van der Waals surface area contributed by atoms with Crippen molar-refractivity contribution in [1.29, 1.82) is 0 Å². The second kappa shape index (κ2) is 4.76. The fourth-order valence-corrected chi connectivity index (χ4v) is 2.50. The summed E-state index contributed by atoms with van der Waals surface area (Å²) in [6, 6.07) is 3.14. The van der Waals surface area contributed by atoms with E-state index in [4.69, 9.17) is 9.47 Å². The van der Waals surface area contributed by atoms with Gasteiger partial charge in [0.2, 0.25) is 0 Å². The summed E-state index contributed by atoms with van der Waals surface area (Å²) < 4.78 is 10.6. The number of carboxylic acid groups (broad SMARTS) is 1. The summed E-state index contributed by atoms with van der Waals surface area (Å²) in [5, 5.41) is 9.21. The van der Waals surface area contributed by atoms with Crippen LogP contribution in [-0.4, -0.2) is 38.4 Å². The molecule has 98 valence electrons. The average molecular weight is 251 g/mol. The van der Waals surface area contributed by atoms with Crippen LogP contribution in [0.4, 0.5) is 5.69 Å². The zero-order valence-corrected chi connectivity index (χ0v) is 10.8. The summed E-state index contributed by atoms with van der Waals surface area (Å²) in [6.07, 6.45) is 1.25. The Morgan fingerprint density at radius 1 is 1.33 bits per heavy atom. The van der Waals surface area contributed by atoms with E-state index in [1.165, 1.54) is 0 Å². The molecule has 0 spiro atoms. The highest BCUT2D eigenvalue weighted by atomic mass is 16.5. The molecular formula is C13H17NO4. The van der Waals surface area contributed by atoms with Crippen LogP contribution in [0.3, 0.4) is 0 Å². The monoisotopic (exact) mass is 251 g/mol. The molecule has 1 aromatic carbocycles. The number of ether oxygens (including phenoxy) is 2. The number of methoxy groups -OCH3 is 2. The van der Waals surface area contributed by atoms with E-state index < -0.39 is 12.0 Å². The molecule has 1 heterocycles. The van der Waals surface area contributed by atoms with Gasteiger partial charge in [-0.2, -0.15) is 0 Å². The molecule has 5 heteroatoms. The van der Waals surface area contributed by atoms with E-state index >= 15 is 0 Å². The number of rotatable bonds is 3. The molecule has 0 fully saturated rings. The van der Waals surface area contributed by atoms with Crippen LogP contribution in [-0.2, 0) is 11.2 Å². The smallest absolute Gasteiger partial charge is 0.326 e. The van der Waals surface area contributed by atoms with Crippen molar-refractivity contribution >= 4 is 11.7 Å². The number of aliphatic carboxylic acids is 1. The van der Waals surface area contributed by atoms with Crippen LogP contribution in [0, 0.1) is 0 Å². The van der Waals surface area contributed by atoms with Gasteiger partial charge in [0.25, 0.3) is 0 Å². The van der Waals surface area contributed by atoms with Crippen molar-refractivity contribution in [2.45, 2.75) is 18.9 Å². The zero-order chi connectivity index (χ0) is 13.3. The summed E-state index contributed by atoms with van der Waals surface area (Å²) in [4.78, 5) is 13.0. The predicted octanol–water partition coefficient (Wildman–Crippen LogP) is 1.54. The normalized spacial score (nSPS) is 18.2. The third-order valence-corrected chi connectivity index (χ3v) is 3.42. The minimum absolute atomic E-state index is 0.515. The first-order valence-electron chi connectivity index (χ1n) is 5.79. The Morgan fingerprint density at radius 2 is 1.94 bits per heavy atom. The Labute approximate surface area is 106 Å². The summed E-state index contributed by atoms with van der Waals surface area (Å²) in [6.45, 7) is 0. The molecule has 1 unspecified atom stereocenters. The van der Waals surface area contributed by atoms with Crippen LogP contribution >= 0.6 is 0 Å². The zero-order valence-electron chi connectivity index (χ0n) is 10.8. The maximum atomic E-state index is 11.2. The van der Waals surface area contributed by atoms with E-state index in [2.05, 4.69) is 0 Å². The van der Waals surface area contributed by atoms with Gasteiger partial charge < -0.3 is 19.5 Å². The van der Waals surface area contributed by atoms with E-state index in [9.17, 15) is 9.90 Å². The molecular weight excluding hydrogens is 234 g/mol. The number of carboxylic acids is 1. The standard InChI is InChI=1S/C13H17NO4/c1-14-9(13(15)16)5-4-8-10(17-2)6-7-11(18-3)12(8)14/h6-7,9H,4-5H2,1-3H3,(H,15,16). The number of benzene rings is 1. The van der Waals surface area contributed by atoms with Gasteiger partial charge in [-0.1, -0.05) is 0 Å². The lowest BCUT2D eigenvalue weighted by molar-refractivity contribution is -0.138. The third-order valence-electron chi connectivity index (χ3n) is 3.42. The van der Waals surface area contributed by atoms with E-state index in [0.717, 1.165) is 17.0 Å². The highest BCUT2D eigenvalue weighted by Crippen LogP contribution is 2.42. The van der Waals surface area contributed by atoms with Crippen LogP contribution in [0.2, 0.25) is 0 Å². The van der Waals surface area contributed by atoms with E-state index in [1.54, 1.807) is 32.2 Å². The molecule has 0 radical (unpaired) electrons. The van der Waals surface area contributed by atoms with Crippen LogP contribution < -0.4 is 14.4 Å². The molecule has 0 saturated heterocycles. The van der Waals surface area contributed by atoms with Crippen molar-refractivity contribution in [3.8, 4) is 11.5 Å². The fourth-order valence-electron chi connectivity index (χ4n) is 2.50. The number of carbonyl (C=O) groups is 1. The van der Waals surface area contributed by atoms with Gasteiger partial charge in [-0.3, -0.25) is 0 Å². The Hall–Kier alpha value is -1.91. The molecule has 1 N–H and O–H groups in total. The summed E-state index contributed by atoms with van der Waals surface area (Å²) in [7, 11) is 4.98. The molecule has 1 aliphatic rings. The van der Waals surface area contributed by atoms with Crippen molar-refractivity contribution in [3.05, 3.63) is 17.7 Å². The summed E-state index contributed by atoms with van der Waals surface area (Å²) in [5.41, 5.74) is 1.83. The molecule has 5 nitrogen and oxygen atoms in total. The van der Waals surface area contributed by atoms with Crippen molar-refractivity contribution in [3.63, 3.8) is 0 Å². The lowest BCUT2D eigenvalue weighted by Gasteiger charge is -2.35. The lowest BCUT2D eigenvalue weighted by Crippen LogP contribution is -2.42. The summed E-state index contributed by atoms with van der Waals surface area (Å²) >= 11 is 0. The van der Waals surface area contributed by atoms with Gasteiger partial charge in [0.1, 0.15) is 17.5 Å². The number of nitrogens with zero attached hydrogens (tertiary/aromatic N) is 1. The molecule has 2 rings (SSSR count). The van der Waals surface area contributed by atoms with Crippen LogP contribution in [0.5, 0.6) is 11.5 Å². The Bertz CT molecular complexity index is 472. The van der Waals surface area contributed by atoms with Crippen molar-refractivity contribution in [1.82, 2.24) is 0 Å². The molecule has 0 aromatic heterocycles. The highest BCUT2D eigenvalue weighted by Gasteiger charge is 2.32. The average Bonchev–Trinajstić information content (AvgIpc) is 2.37. The van der Waals surface area contributed by atoms with Crippen LogP contribution in [0.15, 0.2) is 12.1 Å². The highest BCUT2D eigenvalue weighted by molar-refractivity contribution is 5.82. The summed E-state index contributed by atoms with van der Waals surface area (Å²) in [5.74, 6) is 0.647. The van der Waals surface area contributed by atoms with Crippen molar-refractivity contribution in [2.24, 2.45) is 0 Å². The Kier molecular flexibility index (Phi) is 3.32. The minimum Gasteiger partial charge on any atom is -0.496 e. The van der Waals surface area contributed by atoms with Gasteiger partial charge in [-0.25, -0.2) is 4.79 Å².